The summed E-state index contributed by atoms with van der Waals surface area (Å²) >= 11 is 0. The Morgan fingerprint density at radius 2 is 2.08 bits per heavy atom. The molecule has 2 rings (SSSR count). The molecule has 0 saturated heterocycles. The quantitative estimate of drug-likeness (QED) is 0.294. The summed E-state index contributed by atoms with van der Waals surface area (Å²) in [5.41, 5.74) is 4.29. The number of hydrogen-bond acceptors (Lipinski definition) is 3. The number of allylic oxidation sites excluding steroid dienone is 3. The van der Waals surface area contributed by atoms with Crippen LogP contribution in [-0.4, -0.2) is 10.9 Å². The van der Waals surface area contributed by atoms with E-state index in [0.717, 1.165) is 35.7 Å². The minimum Gasteiger partial charge on any atom is -0.359 e. The normalized spacial score (nSPS) is 11.7. The molecule has 0 radical (unpaired) electrons. The minimum absolute atomic E-state index is 0.310. The molecule has 0 bridgehead atoms. The highest BCUT2D eigenvalue weighted by atomic mass is 16.7. The zero-order valence-electron chi connectivity index (χ0n) is 15.9. The molecule has 1 amide bonds. The van der Waals surface area contributed by atoms with Crippen LogP contribution >= 0.6 is 0 Å². The van der Waals surface area contributed by atoms with Crippen molar-refractivity contribution < 1.29 is 9.63 Å². The lowest BCUT2D eigenvalue weighted by Crippen LogP contribution is -2.26. The van der Waals surface area contributed by atoms with Gasteiger partial charge in [-0.3, -0.25) is 4.79 Å². The van der Waals surface area contributed by atoms with Gasteiger partial charge < -0.3 is 4.84 Å². The summed E-state index contributed by atoms with van der Waals surface area (Å²) in [6.07, 6.45) is 11.3. The molecule has 2 aromatic rings. The van der Waals surface area contributed by atoms with Crippen molar-refractivity contribution in [2.24, 2.45) is 5.92 Å². The average Bonchev–Trinajstić information content (AvgIpc) is 2.62. The Kier molecular flexibility index (Phi) is 7.87. The molecule has 0 atom stereocenters. The monoisotopic (exact) mass is 352 g/mol. The van der Waals surface area contributed by atoms with E-state index >= 15 is 0 Å². The Morgan fingerprint density at radius 3 is 2.85 bits per heavy atom. The fraction of sp³-hybridized carbons (Fsp3) is 0.364. The van der Waals surface area contributed by atoms with Gasteiger partial charge in [-0.05, 0) is 30.9 Å². The molecular weight excluding hydrogens is 324 g/mol. The fourth-order valence-corrected chi connectivity index (χ4v) is 2.59. The van der Waals surface area contributed by atoms with Crippen LogP contribution in [0, 0.1) is 5.92 Å². The largest absolute Gasteiger partial charge is 0.359 e. The van der Waals surface area contributed by atoms with Crippen molar-refractivity contribution in [3.8, 4) is 5.88 Å². The minimum atomic E-state index is -0.310. The van der Waals surface area contributed by atoms with Crippen LogP contribution in [0.15, 0.2) is 54.6 Å². The summed E-state index contributed by atoms with van der Waals surface area (Å²) < 4.78 is 0. The molecule has 4 heteroatoms. The number of para-hydroxylation sites is 1. The van der Waals surface area contributed by atoms with Crippen molar-refractivity contribution in [3.63, 3.8) is 0 Å². The molecule has 0 spiro atoms. The van der Waals surface area contributed by atoms with Gasteiger partial charge in [0.05, 0.1) is 5.52 Å². The van der Waals surface area contributed by atoms with Crippen molar-refractivity contribution in [1.29, 1.82) is 0 Å². The van der Waals surface area contributed by atoms with Crippen LogP contribution < -0.4 is 10.3 Å². The second-order valence-electron chi connectivity index (χ2n) is 6.74. The first-order valence-electron chi connectivity index (χ1n) is 9.28. The fourth-order valence-electron chi connectivity index (χ4n) is 2.59. The van der Waals surface area contributed by atoms with Gasteiger partial charge >= 0.3 is 0 Å². The molecule has 4 nitrogen and oxygen atoms in total. The predicted octanol–water partition coefficient (Wildman–Crippen LogP) is 5.15. The van der Waals surface area contributed by atoms with Crippen LogP contribution in [0.3, 0.4) is 0 Å². The number of carbonyl (C=O) groups is 1. The molecule has 26 heavy (non-hydrogen) atoms. The van der Waals surface area contributed by atoms with Gasteiger partial charge in [0.15, 0.2) is 0 Å². The molecule has 1 aromatic heterocycles. The number of benzene rings is 1. The molecule has 0 aliphatic carbocycles. The van der Waals surface area contributed by atoms with E-state index in [9.17, 15) is 4.79 Å². The van der Waals surface area contributed by atoms with E-state index in [1.165, 1.54) is 12.5 Å². The highest BCUT2D eigenvalue weighted by molar-refractivity contribution is 5.87. The lowest BCUT2D eigenvalue weighted by molar-refractivity contribution is -0.122. The molecule has 0 fully saturated rings. The third-order valence-corrected chi connectivity index (χ3v) is 3.86. The van der Waals surface area contributed by atoms with Crippen molar-refractivity contribution in [2.75, 3.05) is 0 Å². The summed E-state index contributed by atoms with van der Waals surface area (Å²) in [5.74, 6) is 0.609. The second-order valence-corrected chi connectivity index (χ2v) is 6.74. The number of hydrogen-bond donors (Lipinski definition) is 1. The van der Waals surface area contributed by atoms with Gasteiger partial charge in [-0.15, -0.1) is 0 Å². The van der Waals surface area contributed by atoms with Gasteiger partial charge in [-0.25, -0.2) is 4.98 Å². The number of aromatic nitrogens is 1. The Labute approximate surface area is 155 Å². The zero-order valence-corrected chi connectivity index (χ0v) is 15.9. The molecule has 0 aliphatic heterocycles. The van der Waals surface area contributed by atoms with Crippen LogP contribution in [0.2, 0.25) is 0 Å². The number of hydroxylamine groups is 1. The van der Waals surface area contributed by atoms with Gasteiger partial charge in [0.1, 0.15) is 0 Å². The van der Waals surface area contributed by atoms with E-state index in [2.05, 4.69) is 43.4 Å². The number of pyridine rings is 1. The Morgan fingerprint density at radius 1 is 1.27 bits per heavy atom. The molecule has 138 valence electrons. The molecule has 0 saturated carbocycles. The number of fused-ring (bicyclic) bond motifs is 1. The maximum absolute atomic E-state index is 11.9. The van der Waals surface area contributed by atoms with Gasteiger partial charge in [0.25, 0.3) is 5.91 Å². The summed E-state index contributed by atoms with van der Waals surface area (Å²) in [7, 11) is 0. The van der Waals surface area contributed by atoms with E-state index < -0.39 is 0 Å². The first-order chi connectivity index (χ1) is 12.6. The van der Waals surface area contributed by atoms with Gasteiger partial charge in [-0.1, -0.05) is 70.0 Å². The number of unbranched alkanes of at least 4 members (excludes halogenated alkanes) is 2. The van der Waals surface area contributed by atoms with E-state index in [-0.39, 0.29) is 5.91 Å². The van der Waals surface area contributed by atoms with Crippen molar-refractivity contribution in [3.05, 3.63) is 60.2 Å². The van der Waals surface area contributed by atoms with E-state index in [1.807, 2.05) is 30.3 Å². The molecule has 0 aliphatic rings. The van der Waals surface area contributed by atoms with Crippen LogP contribution in [0.1, 0.15) is 45.6 Å². The first-order valence-corrected chi connectivity index (χ1v) is 9.28. The topological polar surface area (TPSA) is 51.2 Å². The maximum Gasteiger partial charge on any atom is 0.276 e. The SMILES string of the molecule is CCCC/C=C/C=C/C(=O)NOc1nc2ccccc2cc1CC(C)C. The van der Waals surface area contributed by atoms with Crippen LogP contribution in [0.5, 0.6) is 5.88 Å². The summed E-state index contributed by atoms with van der Waals surface area (Å²) in [6.45, 7) is 6.44. The lowest BCUT2D eigenvalue weighted by atomic mass is 10.0. The highest BCUT2D eigenvalue weighted by Gasteiger charge is 2.11. The van der Waals surface area contributed by atoms with E-state index in [0.29, 0.717) is 11.8 Å². The number of rotatable bonds is 9. The van der Waals surface area contributed by atoms with Crippen LogP contribution in [0.4, 0.5) is 0 Å². The number of nitrogens with one attached hydrogen (secondary N) is 1. The standard InChI is InChI=1S/C22H28N2O2/c1-4-5-6-7-8-9-14-21(25)24-26-22-19(15-17(2)3)16-18-12-10-11-13-20(18)23-22/h7-14,16-17H,4-6,15H2,1-3H3,(H,24,25)/b8-7+,14-9+. The second kappa shape index (κ2) is 10.4. The predicted molar refractivity (Wildman–Crippen MR) is 107 cm³/mol. The molecular formula is C22H28N2O2. The summed E-state index contributed by atoms with van der Waals surface area (Å²) in [6, 6.07) is 9.97. The highest BCUT2D eigenvalue weighted by Crippen LogP contribution is 2.24. The first kappa shape index (κ1) is 19.7. The Bertz CT molecular complexity index is 779. The third-order valence-electron chi connectivity index (χ3n) is 3.86. The maximum atomic E-state index is 11.9. The number of amides is 1. The van der Waals surface area contributed by atoms with Gasteiger partial charge in [-0.2, -0.15) is 5.48 Å². The van der Waals surface area contributed by atoms with Gasteiger partial charge in [0.2, 0.25) is 5.88 Å². The molecule has 0 unspecified atom stereocenters. The zero-order chi connectivity index (χ0) is 18.8. The summed E-state index contributed by atoms with van der Waals surface area (Å²) in [5, 5.41) is 1.07. The Hall–Kier alpha value is -2.62. The van der Waals surface area contributed by atoms with Crippen molar-refractivity contribution in [1.82, 2.24) is 10.5 Å². The molecule has 1 heterocycles. The van der Waals surface area contributed by atoms with E-state index in [4.69, 9.17) is 4.84 Å². The molecule has 1 N–H and O–H groups in total. The van der Waals surface area contributed by atoms with Gasteiger partial charge in [0, 0.05) is 17.0 Å². The molecule has 1 aromatic carbocycles. The van der Waals surface area contributed by atoms with Crippen LogP contribution in [0.25, 0.3) is 10.9 Å². The van der Waals surface area contributed by atoms with E-state index in [1.54, 1.807) is 6.08 Å². The Balaban J connectivity index is 2.03. The average molecular weight is 352 g/mol. The smallest absolute Gasteiger partial charge is 0.276 e. The summed E-state index contributed by atoms with van der Waals surface area (Å²) in [4.78, 5) is 22.0. The van der Waals surface area contributed by atoms with Crippen molar-refractivity contribution >= 4 is 16.8 Å². The van der Waals surface area contributed by atoms with Crippen LogP contribution in [-0.2, 0) is 11.2 Å². The number of nitrogens with zero attached hydrogens (tertiary/aromatic N) is 1. The third kappa shape index (κ3) is 6.36. The lowest BCUT2D eigenvalue weighted by Gasteiger charge is -2.12. The number of carbonyl (C=O) groups excluding carboxylic acids is 1. The van der Waals surface area contributed by atoms with Crippen molar-refractivity contribution in [2.45, 2.75) is 46.5 Å².